The zero-order chi connectivity index (χ0) is 8.60. The molecule has 2 aliphatic carbocycles. The van der Waals surface area contributed by atoms with E-state index in [0.717, 1.165) is 0 Å². The molecule has 0 saturated heterocycles. The number of hydrogen-bond acceptors (Lipinski definition) is 2. The molecule has 71 valence electrons. The summed E-state index contributed by atoms with van der Waals surface area (Å²) in [6.07, 6.45) is 6.47. The molecular formula is C9H15N2OY-. The third-order valence-electron chi connectivity index (χ3n) is 3.33. The average Bonchev–Trinajstić information content (AvgIpc) is 1.81. The van der Waals surface area contributed by atoms with E-state index in [9.17, 15) is 0 Å². The molecule has 0 bridgehead atoms. The number of rotatable bonds is 2. The molecular weight excluding hydrogens is 241 g/mol. The van der Waals surface area contributed by atoms with Crippen LogP contribution in [0.1, 0.15) is 32.1 Å². The molecule has 2 aliphatic rings. The van der Waals surface area contributed by atoms with Crippen molar-refractivity contribution in [2.45, 2.75) is 32.1 Å². The summed E-state index contributed by atoms with van der Waals surface area (Å²) < 4.78 is 0. The summed E-state index contributed by atoms with van der Waals surface area (Å²) in [7, 11) is 1.58. The number of nitrogens with zero attached hydrogens (tertiary/aromatic N) is 1. The van der Waals surface area contributed by atoms with Crippen LogP contribution in [0.3, 0.4) is 0 Å². The van der Waals surface area contributed by atoms with Crippen LogP contribution in [-0.4, -0.2) is 12.9 Å². The molecule has 0 aliphatic heterocycles. The van der Waals surface area contributed by atoms with Gasteiger partial charge in [-0.05, 0) is 31.1 Å². The van der Waals surface area contributed by atoms with Gasteiger partial charge in [0.25, 0.3) is 0 Å². The first kappa shape index (κ1) is 11.6. The molecule has 0 atom stereocenters. The summed E-state index contributed by atoms with van der Waals surface area (Å²) in [6.45, 7) is 0. The van der Waals surface area contributed by atoms with Crippen molar-refractivity contribution in [2.24, 2.45) is 11.3 Å². The summed E-state index contributed by atoms with van der Waals surface area (Å²) in [5, 5.41) is 7.51. The van der Waals surface area contributed by atoms with E-state index in [1.165, 1.54) is 32.1 Å². The molecule has 0 aromatic rings. The molecule has 3 nitrogen and oxygen atoms in total. The molecule has 0 unspecified atom stereocenters. The molecule has 13 heavy (non-hydrogen) atoms. The summed E-state index contributed by atoms with van der Waals surface area (Å²) >= 11 is 0. The van der Waals surface area contributed by atoms with Gasteiger partial charge in [-0.15, -0.1) is 7.05 Å². The topological polar surface area (TPSA) is 47.2 Å². The summed E-state index contributed by atoms with van der Waals surface area (Å²) in [5.74, 6) is 0.740. The maximum Gasteiger partial charge on any atom is 0.168 e. The fourth-order valence-corrected chi connectivity index (χ4v) is 2.43. The van der Waals surface area contributed by atoms with Gasteiger partial charge in [0.2, 0.25) is 0 Å². The molecule has 1 radical (unpaired) electrons. The zero-order valence-corrected chi connectivity index (χ0v) is 10.9. The monoisotopic (exact) mass is 256 g/mol. The summed E-state index contributed by atoms with van der Waals surface area (Å²) in [5.41, 5.74) is 4.14. The van der Waals surface area contributed by atoms with Crippen LogP contribution in [0.2, 0.25) is 0 Å². The maximum atomic E-state index is 7.51. The van der Waals surface area contributed by atoms with Crippen LogP contribution in [0.4, 0.5) is 0 Å². The Labute approximate surface area is 104 Å². The van der Waals surface area contributed by atoms with Gasteiger partial charge < -0.3 is 10.3 Å². The molecule has 2 fully saturated rings. The van der Waals surface area contributed by atoms with Crippen molar-refractivity contribution in [3.63, 3.8) is 0 Å². The Morgan fingerprint density at radius 1 is 1.46 bits per heavy atom. The second-order valence-corrected chi connectivity index (χ2v) is 4.10. The van der Waals surface area contributed by atoms with E-state index in [-0.39, 0.29) is 32.7 Å². The van der Waals surface area contributed by atoms with Crippen LogP contribution in [0.25, 0.3) is 5.48 Å². The van der Waals surface area contributed by atoms with Gasteiger partial charge >= 0.3 is 0 Å². The molecule has 1 N–H and O–H groups in total. The van der Waals surface area contributed by atoms with Crippen LogP contribution in [-0.2, 0) is 37.5 Å². The molecule has 0 heterocycles. The Kier molecular flexibility index (Phi) is 3.90. The average molecular weight is 256 g/mol. The number of nitrogens with one attached hydrogen (secondary N) is 1. The van der Waals surface area contributed by atoms with Crippen molar-refractivity contribution < 1.29 is 37.5 Å². The third kappa shape index (κ3) is 2.13. The van der Waals surface area contributed by atoms with Gasteiger partial charge in [0.05, 0.1) is 0 Å². The van der Waals surface area contributed by atoms with E-state index in [1.54, 1.807) is 7.05 Å². The van der Waals surface area contributed by atoms with Crippen LogP contribution in [0.5, 0.6) is 0 Å². The van der Waals surface area contributed by atoms with Crippen molar-refractivity contribution in [2.75, 3.05) is 7.05 Å². The van der Waals surface area contributed by atoms with Crippen molar-refractivity contribution >= 4 is 5.90 Å². The largest absolute Gasteiger partial charge is 0.577 e. The smallest absolute Gasteiger partial charge is 0.168 e. The Morgan fingerprint density at radius 2 is 2.08 bits per heavy atom. The standard InChI is InChI=1S/C9H15N2O.Y/c1-11-12-8(10)7-5-9(6-7)3-2-4-9;/h7,10H,2-6H2,1H3;/q-1;. The molecule has 4 heteroatoms. The van der Waals surface area contributed by atoms with Gasteiger partial charge in [-0.1, -0.05) is 6.42 Å². The van der Waals surface area contributed by atoms with Gasteiger partial charge in [0.15, 0.2) is 5.90 Å². The predicted molar refractivity (Wildman–Crippen MR) is 47.1 cm³/mol. The van der Waals surface area contributed by atoms with Gasteiger partial charge in [0, 0.05) is 38.6 Å². The minimum absolute atomic E-state index is 0. The summed E-state index contributed by atoms with van der Waals surface area (Å²) in [4.78, 5) is 4.82. The number of hydroxylamine groups is 1. The Hall–Kier alpha value is 0.534. The zero-order valence-electron chi connectivity index (χ0n) is 8.05. The predicted octanol–water partition coefficient (Wildman–Crippen LogP) is 2.48. The normalized spacial score (nSPS) is 24.1. The summed E-state index contributed by atoms with van der Waals surface area (Å²) in [6, 6.07) is 0. The molecule has 2 saturated carbocycles. The van der Waals surface area contributed by atoms with Crippen LogP contribution < -0.4 is 0 Å². The van der Waals surface area contributed by atoms with Gasteiger partial charge in [-0.3, -0.25) is 5.41 Å². The molecule has 2 rings (SSSR count). The Balaban J connectivity index is 0.000000845. The van der Waals surface area contributed by atoms with Crippen LogP contribution in [0, 0.1) is 16.7 Å². The molecule has 1 spiro atoms. The quantitative estimate of drug-likeness (QED) is 0.460. The van der Waals surface area contributed by atoms with E-state index in [0.29, 0.717) is 17.2 Å². The minimum atomic E-state index is 0. The van der Waals surface area contributed by atoms with Gasteiger partial charge in [0.1, 0.15) is 0 Å². The maximum absolute atomic E-state index is 7.51. The first-order valence-electron chi connectivity index (χ1n) is 4.60. The Bertz CT molecular complexity index is 196. The van der Waals surface area contributed by atoms with E-state index in [4.69, 9.17) is 10.2 Å². The van der Waals surface area contributed by atoms with Crippen LogP contribution >= 0.6 is 0 Å². The van der Waals surface area contributed by atoms with E-state index < -0.39 is 0 Å². The fourth-order valence-electron chi connectivity index (χ4n) is 2.43. The van der Waals surface area contributed by atoms with E-state index in [1.807, 2.05) is 0 Å². The second-order valence-electron chi connectivity index (χ2n) is 4.10. The second kappa shape index (κ2) is 4.37. The number of hydrogen-bond donors (Lipinski definition) is 1. The van der Waals surface area contributed by atoms with E-state index in [2.05, 4.69) is 5.48 Å². The third-order valence-corrected chi connectivity index (χ3v) is 3.33. The van der Waals surface area contributed by atoms with Crippen molar-refractivity contribution in [1.82, 2.24) is 0 Å². The first-order valence-corrected chi connectivity index (χ1v) is 4.60. The minimum Gasteiger partial charge on any atom is -0.577 e. The van der Waals surface area contributed by atoms with Crippen molar-refractivity contribution in [1.29, 1.82) is 5.41 Å². The molecule has 0 amide bonds. The first-order chi connectivity index (χ1) is 5.76. The molecule has 0 aromatic heterocycles. The van der Waals surface area contributed by atoms with Crippen molar-refractivity contribution in [3.8, 4) is 0 Å². The van der Waals surface area contributed by atoms with Crippen molar-refractivity contribution in [3.05, 3.63) is 5.48 Å². The fraction of sp³-hybridized carbons (Fsp3) is 0.889. The van der Waals surface area contributed by atoms with Gasteiger partial charge in [-0.2, -0.15) is 0 Å². The van der Waals surface area contributed by atoms with Crippen LogP contribution in [0.15, 0.2) is 0 Å². The van der Waals surface area contributed by atoms with Gasteiger partial charge in [-0.25, -0.2) is 0 Å². The molecule has 0 aromatic carbocycles. The van der Waals surface area contributed by atoms with E-state index >= 15 is 0 Å². The Morgan fingerprint density at radius 3 is 2.46 bits per heavy atom. The SMILES string of the molecule is C[N-]OC(=N)C1CC2(CCC2)C1.[Y].